The van der Waals surface area contributed by atoms with Crippen molar-refractivity contribution in [3.8, 4) is 0 Å². The van der Waals surface area contributed by atoms with E-state index in [1.54, 1.807) is 14.2 Å². The van der Waals surface area contributed by atoms with Crippen LogP contribution in [0.15, 0.2) is 4.99 Å². The van der Waals surface area contributed by atoms with Crippen LogP contribution in [0.4, 0.5) is 0 Å². The van der Waals surface area contributed by atoms with Crippen molar-refractivity contribution in [1.82, 2.24) is 10.6 Å². The number of aliphatic imine (C=N–C) groups is 1. The topological polar surface area (TPSA) is 54.9 Å². The van der Waals surface area contributed by atoms with Crippen molar-refractivity contribution in [3.63, 3.8) is 0 Å². The molecule has 1 atom stereocenters. The fourth-order valence-electron chi connectivity index (χ4n) is 1.61. The SMILES string of the molecule is CN=C(NCC1CCCO1)NCC(C)(C)OC.I. The van der Waals surface area contributed by atoms with Crippen molar-refractivity contribution < 1.29 is 9.47 Å². The second-order valence-electron chi connectivity index (χ2n) is 4.91. The molecule has 5 nitrogen and oxygen atoms in total. The van der Waals surface area contributed by atoms with E-state index in [1.165, 1.54) is 0 Å². The molecule has 0 aromatic rings. The number of hydrogen-bond acceptors (Lipinski definition) is 3. The molecule has 108 valence electrons. The van der Waals surface area contributed by atoms with Crippen LogP contribution in [0.25, 0.3) is 0 Å². The van der Waals surface area contributed by atoms with Gasteiger partial charge in [-0.15, -0.1) is 24.0 Å². The lowest BCUT2D eigenvalue weighted by Crippen LogP contribution is -2.46. The van der Waals surface area contributed by atoms with Crippen molar-refractivity contribution in [2.75, 3.05) is 33.9 Å². The number of rotatable bonds is 5. The van der Waals surface area contributed by atoms with Gasteiger partial charge in [-0.25, -0.2) is 0 Å². The third-order valence-corrected chi connectivity index (χ3v) is 2.98. The van der Waals surface area contributed by atoms with Gasteiger partial charge in [0, 0.05) is 33.9 Å². The van der Waals surface area contributed by atoms with Crippen LogP contribution in [0.1, 0.15) is 26.7 Å². The van der Waals surface area contributed by atoms with Crippen molar-refractivity contribution in [1.29, 1.82) is 0 Å². The maximum Gasteiger partial charge on any atom is 0.191 e. The Bertz CT molecular complexity index is 254. The molecule has 0 aromatic heterocycles. The zero-order valence-electron chi connectivity index (χ0n) is 11.8. The highest BCUT2D eigenvalue weighted by molar-refractivity contribution is 14.0. The molecular weight excluding hydrogens is 345 g/mol. The summed E-state index contributed by atoms with van der Waals surface area (Å²) in [6.07, 6.45) is 2.62. The molecule has 6 heteroatoms. The molecule has 0 spiro atoms. The van der Waals surface area contributed by atoms with Gasteiger partial charge in [-0.2, -0.15) is 0 Å². The molecule has 0 aromatic carbocycles. The molecule has 0 radical (unpaired) electrons. The molecule has 1 aliphatic heterocycles. The maximum absolute atomic E-state index is 5.54. The third kappa shape index (κ3) is 6.75. The van der Waals surface area contributed by atoms with Crippen LogP contribution in [0.5, 0.6) is 0 Å². The Morgan fingerprint density at radius 3 is 2.67 bits per heavy atom. The van der Waals surface area contributed by atoms with Crippen LogP contribution in [0.3, 0.4) is 0 Å². The molecule has 0 bridgehead atoms. The minimum Gasteiger partial charge on any atom is -0.377 e. The molecule has 0 saturated carbocycles. The van der Waals surface area contributed by atoms with E-state index in [4.69, 9.17) is 9.47 Å². The number of ether oxygens (including phenoxy) is 2. The number of nitrogens with zero attached hydrogens (tertiary/aromatic N) is 1. The van der Waals surface area contributed by atoms with Gasteiger partial charge in [0.05, 0.1) is 11.7 Å². The molecule has 1 heterocycles. The summed E-state index contributed by atoms with van der Waals surface area (Å²) in [4.78, 5) is 4.17. The van der Waals surface area contributed by atoms with Gasteiger partial charge in [-0.05, 0) is 26.7 Å². The Morgan fingerprint density at radius 1 is 1.44 bits per heavy atom. The number of hydrogen-bond donors (Lipinski definition) is 2. The normalized spacial score (nSPS) is 20.4. The molecule has 1 rings (SSSR count). The molecule has 0 aliphatic carbocycles. The lowest BCUT2D eigenvalue weighted by atomic mass is 10.1. The van der Waals surface area contributed by atoms with Crippen LogP contribution in [0.2, 0.25) is 0 Å². The predicted molar refractivity (Wildman–Crippen MR) is 84.8 cm³/mol. The lowest BCUT2D eigenvalue weighted by Gasteiger charge is -2.24. The first-order valence-corrected chi connectivity index (χ1v) is 6.18. The Morgan fingerprint density at radius 2 is 2.17 bits per heavy atom. The van der Waals surface area contributed by atoms with Gasteiger partial charge in [0.2, 0.25) is 0 Å². The summed E-state index contributed by atoms with van der Waals surface area (Å²) >= 11 is 0. The number of nitrogens with one attached hydrogen (secondary N) is 2. The van der Waals surface area contributed by atoms with Crippen molar-refractivity contribution >= 4 is 29.9 Å². The van der Waals surface area contributed by atoms with E-state index < -0.39 is 0 Å². The van der Waals surface area contributed by atoms with E-state index in [1.807, 2.05) is 13.8 Å². The molecule has 18 heavy (non-hydrogen) atoms. The molecule has 1 fully saturated rings. The second-order valence-corrected chi connectivity index (χ2v) is 4.91. The van der Waals surface area contributed by atoms with Crippen LogP contribution in [-0.4, -0.2) is 51.5 Å². The number of halogens is 1. The van der Waals surface area contributed by atoms with Gasteiger partial charge in [0.1, 0.15) is 0 Å². The van der Waals surface area contributed by atoms with Gasteiger partial charge in [-0.3, -0.25) is 4.99 Å². The molecule has 1 aliphatic rings. The van der Waals surface area contributed by atoms with Gasteiger partial charge in [-0.1, -0.05) is 0 Å². The average molecular weight is 371 g/mol. The fourth-order valence-corrected chi connectivity index (χ4v) is 1.61. The van der Waals surface area contributed by atoms with E-state index in [2.05, 4.69) is 15.6 Å². The first-order chi connectivity index (χ1) is 8.07. The molecular formula is C12H26IN3O2. The minimum atomic E-state index is -0.193. The number of guanidine groups is 1. The summed E-state index contributed by atoms with van der Waals surface area (Å²) in [5.41, 5.74) is -0.193. The monoisotopic (exact) mass is 371 g/mol. The second kappa shape index (κ2) is 8.92. The molecule has 2 N–H and O–H groups in total. The Kier molecular flexibility index (Phi) is 8.89. The highest BCUT2D eigenvalue weighted by Crippen LogP contribution is 2.10. The van der Waals surface area contributed by atoms with E-state index >= 15 is 0 Å². The highest BCUT2D eigenvalue weighted by atomic mass is 127. The van der Waals surface area contributed by atoms with E-state index in [9.17, 15) is 0 Å². The number of methoxy groups -OCH3 is 1. The summed E-state index contributed by atoms with van der Waals surface area (Å²) in [5, 5.41) is 6.51. The Hall–Kier alpha value is -0.0800. The molecule has 0 amide bonds. The van der Waals surface area contributed by atoms with Crippen LogP contribution in [-0.2, 0) is 9.47 Å². The first kappa shape index (κ1) is 17.9. The zero-order valence-corrected chi connectivity index (χ0v) is 14.1. The molecule has 1 unspecified atom stereocenters. The van der Waals surface area contributed by atoms with E-state index in [0.717, 1.165) is 32.0 Å². The van der Waals surface area contributed by atoms with Crippen LogP contribution < -0.4 is 10.6 Å². The summed E-state index contributed by atoms with van der Waals surface area (Å²) in [6, 6.07) is 0. The van der Waals surface area contributed by atoms with Crippen molar-refractivity contribution in [2.45, 2.75) is 38.4 Å². The third-order valence-electron chi connectivity index (χ3n) is 2.98. The Labute approximate surface area is 127 Å². The largest absolute Gasteiger partial charge is 0.377 e. The van der Waals surface area contributed by atoms with Crippen LogP contribution >= 0.6 is 24.0 Å². The minimum absolute atomic E-state index is 0. The summed E-state index contributed by atoms with van der Waals surface area (Å²) in [6.45, 7) is 6.48. The van der Waals surface area contributed by atoms with E-state index in [0.29, 0.717) is 12.6 Å². The maximum atomic E-state index is 5.54. The standard InChI is InChI=1S/C12H25N3O2.HI/c1-12(2,16-4)9-15-11(13-3)14-8-10-6-5-7-17-10;/h10H,5-9H2,1-4H3,(H2,13,14,15);1H. The van der Waals surface area contributed by atoms with Gasteiger partial charge >= 0.3 is 0 Å². The van der Waals surface area contributed by atoms with E-state index in [-0.39, 0.29) is 29.6 Å². The Balaban J connectivity index is 0.00000289. The smallest absolute Gasteiger partial charge is 0.191 e. The highest BCUT2D eigenvalue weighted by Gasteiger charge is 2.18. The van der Waals surface area contributed by atoms with Crippen molar-refractivity contribution in [3.05, 3.63) is 0 Å². The van der Waals surface area contributed by atoms with Gasteiger partial charge in [0.25, 0.3) is 0 Å². The summed E-state index contributed by atoms with van der Waals surface area (Å²) in [7, 11) is 3.48. The van der Waals surface area contributed by atoms with Gasteiger partial charge in [0.15, 0.2) is 5.96 Å². The predicted octanol–water partition coefficient (Wildman–Crippen LogP) is 1.37. The zero-order chi connectivity index (χ0) is 12.7. The van der Waals surface area contributed by atoms with Gasteiger partial charge < -0.3 is 20.1 Å². The fraction of sp³-hybridized carbons (Fsp3) is 0.917. The van der Waals surface area contributed by atoms with Crippen LogP contribution in [0, 0.1) is 0 Å². The molecule has 1 saturated heterocycles. The first-order valence-electron chi connectivity index (χ1n) is 6.18. The summed E-state index contributed by atoms with van der Waals surface area (Å²) in [5.74, 6) is 0.797. The van der Waals surface area contributed by atoms with Crippen molar-refractivity contribution in [2.24, 2.45) is 4.99 Å². The summed E-state index contributed by atoms with van der Waals surface area (Å²) < 4.78 is 10.9. The quantitative estimate of drug-likeness (QED) is 0.436. The lowest BCUT2D eigenvalue weighted by molar-refractivity contribution is 0.0267. The average Bonchev–Trinajstić information content (AvgIpc) is 2.82.